The molecule has 1 atom stereocenters. The zero-order valence-electron chi connectivity index (χ0n) is 13.5. The van der Waals surface area contributed by atoms with Crippen molar-refractivity contribution in [1.82, 2.24) is 20.1 Å². The number of carbonyl (C=O) groups excluding carboxylic acids is 1. The molecule has 10 heteroatoms. The number of hydrogen-bond donors (Lipinski definition) is 1. The van der Waals surface area contributed by atoms with Gasteiger partial charge in [0.05, 0.1) is 10.6 Å². The Morgan fingerprint density at radius 2 is 1.74 bits per heavy atom. The number of carbonyl (C=O) groups is 1. The van der Waals surface area contributed by atoms with Gasteiger partial charge < -0.3 is 5.32 Å². The second-order valence-corrected chi connectivity index (χ2v) is 9.16. The highest BCUT2D eigenvalue weighted by molar-refractivity contribution is 8.00. The van der Waals surface area contributed by atoms with E-state index in [1.54, 1.807) is 35.2 Å². The van der Waals surface area contributed by atoms with Gasteiger partial charge in [0.15, 0.2) is 5.16 Å². The minimum absolute atomic E-state index is 0.281. The van der Waals surface area contributed by atoms with E-state index in [9.17, 15) is 4.79 Å². The van der Waals surface area contributed by atoms with E-state index in [0.29, 0.717) is 10.2 Å². The predicted molar refractivity (Wildman–Crippen MR) is 110 cm³/mol. The lowest BCUT2D eigenvalue weighted by Gasteiger charge is -2.24. The summed E-state index contributed by atoms with van der Waals surface area (Å²) < 4.78 is -0.0647. The second-order valence-electron chi connectivity index (χ2n) is 5.31. The lowest BCUT2D eigenvalue weighted by atomic mass is 10.2. The van der Waals surface area contributed by atoms with Crippen LogP contribution in [0.25, 0.3) is 5.69 Å². The molecule has 3 rings (SSSR count). The van der Waals surface area contributed by atoms with E-state index in [1.165, 1.54) is 0 Å². The first kappa shape index (κ1) is 20.3. The van der Waals surface area contributed by atoms with Crippen molar-refractivity contribution in [3.63, 3.8) is 0 Å². The molecule has 0 bridgehead atoms. The van der Waals surface area contributed by atoms with Crippen molar-refractivity contribution >= 4 is 64.1 Å². The van der Waals surface area contributed by atoms with Crippen LogP contribution in [0, 0.1) is 0 Å². The SMILES string of the molecule is O=C(NC(Sc1nncn1-c1ccccc1)C(Cl)(Cl)Cl)c1ccccc1Cl. The van der Waals surface area contributed by atoms with Gasteiger partial charge in [-0.3, -0.25) is 9.36 Å². The number of rotatable bonds is 5. The van der Waals surface area contributed by atoms with E-state index < -0.39 is 15.1 Å². The predicted octanol–water partition coefficient (Wildman–Crippen LogP) is 5.14. The summed E-state index contributed by atoms with van der Waals surface area (Å²) in [5, 5.41) is 10.5. The third-order valence-corrected chi connectivity index (χ3v) is 6.02. The average molecular weight is 462 g/mol. The Labute approximate surface area is 180 Å². The number of nitrogens with one attached hydrogen (secondary N) is 1. The van der Waals surface area contributed by atoms with Gasteiger partial charge in [0.1, 0.15) is 11.7 Å². The molecule has 0 radical (unpaired) electrons. The molecule has 140 valence electrons. The van der Waals surface area contributed by atoms with Gasteiger partial charge in [0.25, 0.3) is 5.91 Å². The maximum Gasteiger partial charge on any atom is 0.253 e. The maximum absolute atomic E-state index is 12.6. The zero-order chi connectivity index (χ0) is 19.4. The third kappa shape index (κ3) is 5.09. The van der Waals surface area contributed by atoms with Crippen LogP contribution in [0.5, 0.6) is 0 Å². The van der Waals surface area contributed by atoms with E-state index in [4.69, 9.17) is 46.4 Å². The van der Waals surface area contributed by atoms with Crippen molar-refractivity contribution in [2.24, 2.45) is 0 Å². The Hall–Kier alpha value is -1.44. The summed E-state index contributed by atoms with van der Waals surface area (Å²) in [7, 11) is 0. The van der Waals surface area contributed by atoms with Gasteiger partial charge in [-0.1, -0.05) is 88.5 Å². The Balaban J connectivity index is 1.85. The van der Waals surface area contributed by atoms with Crippen molar-refractivity contribution < 1.29 is 4.79 Å². The van der Waals surface area contributed by atoms with Crippen LogP contribution in [0.3, 0.4) is 0 Å². The molecule has 0 fully saturated rings. The van der Waals surface area contributed by atoms with Crippen LogP contribution in [0.1, 0.15) is 10.4 Å². The minimum Gasteiger partial charge on any atom is -0.336 e. The zero-order valence-corrected chi connectivity index (χ0v) is 17.4. The van der Waals surface area contributed by atoms with E-state index >= 15 is 0 Å². The molecular formula is C17H12Cl4N4OS. The fourth-order valence-corrected chi connectivity index (χ4v) is 3.85. The lowest BCUT2D eigenvalue weighted by Crippen LogP contribution is -2.41. The Morgan fingerprint density at radius 3 is 2.41 bits per heavy atom. The van der Waals surface area contributed by atoms with Gasteiger partial charge in [0, 0.05) is 5.69 Å². The normalized spacial score (nSPS) is 12.6. The monoisotopic (exact) mass is 460 g/mol. The molecule has 1 amide bonds. The first-order valence-electron chi connectivity index (χ1n) is 7.60. The van der Waals surface area contributed by atoms with Crippen molar-refractivity contribution in [2.75, 3.05) is 0 Å². The molecule has 0 spiro atoms. The van der Waals surface area contributed by atoms with Crippen LogP contribution in [0.2, 0.25) is 5.02 Å². The number of para-hydroxylation sites is 1. The van der Waals surface area contributed by atoms with E-state index in [0.717, 1.165) is 17.4 Å². The Morgan fingerprint density at radius 1 is 1.07 bits per heavy atom. The summed E-state index contributed by atoms with van der Waals surface area (Å²) in [5.74, 6) is -0.463. The molecule has 0 aliphatic carbocycles. The number of nitrogens with zero attached hydrogens (tertiary/aromatic N) is 3. The highest BCUT2D eigenvalue weighted by atomic mass is 35.6. The molecule has 1 aromatic heterocycles. The first-order chi connectivity index (χ1) is 12.9. The molecule has 1 unspecified atom stereocenters. The van der Waals surface area contributed by atoms with Crippen LogP contribution in [-0.2, 0) is 0 Å². The Kier molecular flexibility index (Phi) is 6.55. The van der Waals surface area contributed by atoms with Gasteiger partial charge >= 0.3 is 0 Å². The molecule has 3 aromatic rings. The summed E-state index contributed by atoms with van der Waals surface area (Å²) in [6.07, 6.45) is 1.54. The van der Waals surface area contributed by atoms with Crippen LogP contribution >= 0.6 is 58.2 Å². The molecule has 0 saturated heterocycles. The highest BCUT2D eigenvalue weighted by Gasteiger charge is 2.36. The first-order valence-corrected chi connectivity index (χ1v) is 9.99. The van der Waals surface area contributed by atoms with E-state index in [2.05, 4.69) is 15.5 Å². The van der Waals surface area contributed by atoms with Gasteiger partial charge in [-0.15, -0.1) is 10.2 Å². The second kappa shape index (κ2) is 8.71. The van der Waals surface area contributed by atoms with Crippen molar-refractivity contribution in [1.29, 1.82) is 0 Å². The van der Waals surface area contributed by atoms with Crippen molar-refractivity contribution in [3.05, 3.63) is 71.5 Å². The smallest absolute Gasteiger partial charge is 0.253 e. The molecule has 0 aliphatic rings. The van der Waals surface area contributed by atoms with Crippen LogP contribution in [0.15, 0.2) is 66.1 Å². The number of halogens is 4. The number of thioether (sulfide) groups is 1. The van der Waals surface area contributed by atoms with Gasteiger partial charge in [-0.05, 0) is 24.3 Å². The topological polar surface area (TPSA) is 59.8 Å². The number of amides is 1. The van der Waals surface area contributed by atoms with Gasteiger partial charge in [-0.2, -0.15) is 0 Å². The van der Waals surface area contributed by atoms with Gasteiger partial charge in [-0.25, -0.2) is 0 Å². The van der Waals surface area contributed by atoms with Crippen molar-refractivity contribution in [2.45, 2.75) is 14.3 Å². The average Bonchev–Trinajstić information content (AvgIpc) is 3.09. The third-order valence-electron chi connectivity index (χ3n) is 3.45. The van der Waals surface area contributed by atoms with E-state index in [-0.39, 0.29) is 5.56 Å². The summed E-state index contributed by atoms with van der Waals surface area (Å²) >= 11 is 25.4. The summed E-state index contributed by atoms with van der Waals surface area (Å²) in [4.78, 5) is 12.6. The minimum atomic E-state index is -1.80. The largest absolute Gasteiger partial charge is 0.336 e. The molecule has 0 aliphatic heterocycles. The molecule has 0 saturated carbocycles. The fourth-order valence-electron chi connectivity index (χ4n) is 2.20. The summed E-state index contributed by atoms with van der Waals surface area (Å²) in [5.41, 5.74) is 1.12. The maximum atomic E-state index is 12.6. The Bertz CT molecular complexity index is 930. The van der Waals surface area contributed by atoms with Crippen LogP contribution in [0.4, 0.5) is 0 Å². The number of benzene rings is 2. The van der Waals surface area contributed by atoms with Crippen molar-refractivity contribution in [3.8, 4) is 5.69 Å². The van der Waals surface area contributed by atoms with E-state index in [1.807, 2.05) is 30.3 Å². The summed E-state index contributed by atoms with van der Waals surface area (Å²) in [6.45, 7) is 0. The number of hydrogen-bond acceptors (Lipinski definition) is 4. The molecule has 5 nitrogen and oxygen atoms in total. The molecule has 1 heterocycles. The van der Waals surface area contributed by atoms with Gasteiger partial charge in [0.2, 0.25) is 3.79 Å². The fraction of sp³-hybridized carbons (Fsp3) is 0.118. The number of aromatic nitrogens is 3. The lowest BCUT2D eigenvalue weighted by molar-refractivity contribution is 0.0950. The van der Waals surface area contributed by atoms with Crippen LogP contribution in [-0.4, -0.2) is 29.8 Å². The molecule has 27 heavy (non-hydrogen) atoms. The molecular weight excluding hydrogens is 450 g/mol. The highest BCUT2D eigenvalue weighted by Crippen LogP contribution is 2.39. The van der Waals surface area contributed by atoms with Crippen LogP contribution < -0.4 is 5.32 Å². The summed E-state index contributed by atoms with van der Waals surface area (Å²) in [6, 6.07) is 16.1. The number of alkyl halides is 3. The standard InChI is InChI=1S/C17H12Cl4N4OS/c18-13-9-5-4-8-12(13)14(26)23-15(17(19,20)21)27-16-24-22-10-25(16)11-6-2-1-3-7-11/h1-10,15H,(H,23,26). The quantitative estimate of drug-likeness (QED) is 0.324. The molecule has 1 N–H and O–H groups in total. The molecule has 2 aromatic carbocycles.